The van der Waals surface area contributed by atoms with Crippen LogP contribution >= 0.6 is 0 Å². The minimum absolute atomic E-state index is 0.169. The Hall–Kier alpha value is -1.69. The smallest absolute Gasteiger partial charge is 0.226 e. The first-order valence-electron chi connectivity index (χ1n) is 4.82. The van der Waals surface area contributed by atoms with Crippen molar-refractivity contribution in [2.45, 2.75) is 5.75 Å². The van der Waals surface area contributed by atoms with E-state index in [1.54, 1.807) is 0 Å². The third kappa shape index (κ3) is 3.13. The maximum Gasteiger partial charge on any atom is 0.226 e. The Labute approximate surface area is 98.0 Å². The summed E-state index contributed by atoms with van der Waals surface area (Å²) in [5.41, 5.74) is 0.943. The maximum absolute atomic E-state index is 12.7. The Morgan fingerprint density at radius 3 is 2.53 bits per heavy atom. The van der Waals surface area contributed by atoms with Gasteiger partial charge >= 0.3 is 0 Å². The van der Waals surface area contributed by atoms with Gasteiger partial charge in [-0.15, -0.1) is 0 Å². The third-order valence-corrected chi connectivity index (χ3v) is 2.87. The van der Waals surface area contributed by atoms with Crippen LogP contribution in [0.5, 0.6) is 0 Å². The quantitative estimate of drug-likeness (QED) is 0.842. The summed E-state index contributed by atoms with van der Waals surface area (Å²) >= 11 is 0. The summed E-state index contributed by atoms with van der Waals surface area (Å²) in [4.78, 5) is 4.03. The van der Waals surface area contributed by atoms with Gasteiger partial charge in [-0.25, -0.2) is 17.8 Å². The molecule has 0 saturated heterocycles. The van der Waals surface area contributed by atoms with Crippen LogP contribution in [0.3, 0.4) is 0 Å². The summed E-state index contributed by atoms with van der Waals surface area (Å²) in [7, 11) is -3.14. The lowest BCUT2D eigenvalue weighted by atomic mass is 10.2. The van der Waals surface area contributed by atoms with Crippen molar-refractivity contribution in [3.05, 3.63) is 42.0 Å². The molecule has 2 aromatic rings. The van der Waals surface area contributed by atoms with E-state index in [4.69, 9.17) is 4.42 Å². The van der Waals surface area contributed by atoms with Crippen molar-refractivity contribution >= 4 is 9.84 Å². The van der Waals surface area contributed by atoms with Crippen LogP contribution in [0.15, 0.2) is 34.9 Å². The van der Waals surface area contributed by atoms with Crippen molar-refractivity contribution in [1.29, 1.82) is 0 Å². The molecule has 1 aromatic heterocycles. The summed E-state index contributed by atoms with van der Waals surface area (Å²) in [6, 6.07) is 5.61. The highest BCUT2D eigenvalue weighted by Crippen LogP contribution is 2.19. The molecule has 0 amide bonds. The molecule has 90 valence electrons. The molecule has 0 aliphatic heterocycles. The van der Waals surface area contributed by atoms with Crippen LogP contribution in [-0.2, 0) is 15.6 Å². The molecule has 0 unspecified atom stereocenters. The lowest BCUT2D eigenvalue weighted by Gasteiger charge is -1.94. The lowest BCUT2D eigenvalue weighted by Crippen LogP contribution is -2.00. The zero-order valence-corrected chi connectivity index (χ0v) is 9.87. The van der Waals surface area contributed by atoms with Crippen LogP contribution in [0.4, 0.5) is 4.39 Å². The maximum atomic E-state index is 12.7. The van der Waals surface area contributed by atoms with Gasteiger partial charge < -0.3 is 4.42 Å². The lowest BCUT2D eigenvalue weighted by molar-refractivity contribution is 0.571. The first-order valence-corrected chi connectivity index (χ1v) is 6.88. The highest BCUT2D eigenvalue weighted by atomic mass is 32.2. The van der Waals surface area contributed by atoms with Crippen molar-refractivity contribution in [1.82, 2.24) is 4.98 Å². The molecule has 2 rings (SSSR count). The van der Waals surface area contributed by atoms with Crippen molar-refractivity contribution in [2.24, 2.45) is 0 Å². The number of nitrogens with zero attached hydrogens (tertiary/aromatic N) is 1. The average molecular weight is 255 g/mol. The van der Waals surface area contributed by atoms with Gasteiger partial charge in [0, 0.05) is 11.8 Å². The highest BCUT2D eigenvalue weighted by molar-refractivity contribution is 7.89. The molecule has 1 aromatic carbocycles. The average Bonchev–Trinajstić information content (AvgIpc) is 2.64. The van der Waals surface area contributed by atoms with Crippen molar-refractivity contribution < 1.29 is 17.2 Å². The van der Waals surface area contributed by atoms with Gasteiger partial charge in [0.05, 0.1) is 11.4 Å². The van der Waals surface area contributed by atoms with Gasteiger partial charge in [-0.2, -0.15) is 0 Å². The van der Waals surface area contributed by atoms with Crippen LogP contribution < -0.4 is 0 Å². The molecule has 0 atom stereocenters. The Morgan fingerprint density at radius 1 is 1.29 bits per heavy atom. The van der Waals surface area contributed by atoms with E-state index in [-0.39, 0.29) is 17.5 Å². The van der Waals surface area contributed by atoms with Gasteiger partial charge in [0.2, 0.25) is 5.89 Å². The fourth-order valence-corrected chi connectivity index (χ4v) is 2.04. The van der Waals surface area contributed by atoms with E-state index in [1.807, 2.05) is 0 Å². The topological polar surface area (TPSA) is 60.2 Å². The summed E-state index contributed by atoms with van der Waals surface area (Å²) < 4.78 is 40.0. The third-order valence-electron chi connectivity index (χ3n) is 2.05. The summed E-state index contributed by atoms with van der Waals surface area (Å²) in [5, 5.41) is 0. The minimum atomic E-state index is -3.14. The van der Waals surface area contributed by atoms with E-state index < -0.39 is 9.84 Å². The number of hydrogen-bond acceptors (Lipinski definition) is 4. The Kier molecular flexibility index (Phi) is 2.97. The second-order valence-corrected chi connectivity index (χ2v) is 5.86. The molecular formula is C11H10FNO3S. The molecule has 0 aliphatic carbocycles. The molecule has 0 spiro atoms. The first-order chi connectivity index (χ1) is 7.94. The number of halogens is 1. The number of oxazole rings is 1. The Morgan fingerprint density at radius 2 is 1.94 bits per heavy atom. The Balaban J connectivity index is 2.27. The van der Waals surface area contributed by atoms with Crippen molar-refractivity contribution in [3.8, 4) is 11.5 Å². The second-order valence-electron chi connectivity index (χ2n) is 3.72. The van der Waals surface area contributed by atoms with Crippen LogP contribution in [0.25, 0.3) is 11.5 Å². The normalized spacial score (nSPS) is 11.6. The van der Waals surface area contributed by atoms with Gasteiger partial charge in [0.15, 0.2) is 9.84 Å². The van der Waals surface area contributed by atoms with E-state index in [1.165, 1.54) is 30.5 Å². The number of sulfone groups is 1. The van der Waals surface area contributed by atoms with Gasteiger partial charge in [-0.3, -0.25) is 0 Å². The molecule has 4 nitrogen and oxygen atoms in total. The molecular weight excluding hydrogens is 245 g/mol. The first kappa shape index (κ1) is 11.8. The van der Waals surface area contributed by atoms with E-state index in [9.17, 15) is 12.8 Å². The van der Waals surface area contributed by atoms with E-state index in [0.717, 1.165) is 6.26 Å². The van der Waals surface area contributed by atoms with E-state index in [2.05, 4.69) is 4.98 Å². The van der Waals surface area contributed by atoms with E-state index in [0.29, 0.717) is 11.3 Å². The Bertz CT molecular complexity index is 616. The van der Waals surface area contributed by atoms with Crippen molar-refractivity contribution in [3.63, 3.8) is 0 Å². The fourth-order valence-electron chi connectivity index (χ4n) is 1.37. The summed E-state index contributed by atoms with van der Waals surface area (Å²) in [5.74, 6) is -0.238. The fraction of sp³-hybridized carbons (Fsp3) is 0.182. The van der Waals surface area contributed by atoms with Crippen LogP contribution in [0, 0.1) is 5.82 Å². The summed E-state index contributed by atoms with van der Waals surface area (Å²) in [6.07, 6.45) is 2.42. The van der Waals surface area contributed by atoms with Gasteiger partial charge in [0.1, 0.15) is 12.1 Å². The standard InChI is InChI=1S/C11H10FNO3S/c1-17(14,15)7-10-6-16-11(13-10)8-2-4-9(12)5-3-8/h2-6H,7H2,1H3. The molecule has 1 heterocycles. The molecule has 0 bridgehead atoms. The van der Waals surface area contributed by atoms with Gasteiger partial charge in [0.25, 0.3) is 0 Å². The number of aromatic nitrogens is 1. The molecule has 17 heavy (non-hydrogen) atoms. The number of rotatable bonds is 3. The zero-order valence-electron chi connectivity index (χ0n) is 9.05. The zero-order chi connectivity index (χ0) is 12.5. The minimum Gasteiger partial charge on any atom is -0.444 e. The van der Waals surface area contributed by atoms with E-state index >= 15 is 0 Å². The molecule has 0 radical (unpaired) electrons. The summed E-state index contributed by atoms with van der Waals surface area (Å²) in [6.45, 7) is 0. The molecule has 0 fully saturated rings. The molecule has 0 saturated carbocycles. The predicted molar refractivity (Wildman–Crippen MR) is 60.4 cm³/mol. The van der Waals surface area contributed by atoms with Gasteiger partial charge in [-0.1, -0.05) is 0 Å². The highest BCUT2D eigenvalue weighted by Gasteiger charge is 2.11. The molecule has 6 heteroatoms. The second kappa shape index (κ2) is 4.29. The van der Waals surface area contributed by atoms with Crippen LogP contribution in [0.1, 0.15) is 5.69 Å². The number of benzene rings is 1. The van der Waals surface area contributed by atoms with Gasteiger partial charge in [-0.05, 0) is 24.3 Å². The largest absolute Gasteiger partial charge is 0.444 e. The van der Waals surface area contributed by atoms with Crippen LogP contribution in [-0.4, -0.2) is 19.7 Å². The molecule has 0 aliphatic rings. The predicted octanol–water partition coefficient (Wildman–Crippen LogP) is 2.03. The molecule has 0 N–H and O–H groups in total. The monoisotopic (exact) mass is 255 g/mol. The van der Waals surface area contributed by atoms with Crippen molar-refractivity contribution in [2.75, 3.05) is 6.26 Å². The number of hydrogen-bond donors (Lipinski definition) is 0. The SMILES string of the molecule is CS(=O)(=O)Cc1coc(-c2ccc(F)cc2)n1. The van der Waals surface area contributed by atoms with Crippen LogP contribution in [0.2, 0.25) is 0 Å².